The molecule has 6 unspecified atom stereocenters. The Balaban J connectivity index is 1.65. The number of hydrogen-bond donors (Lipinski definition) is 0. The van der Waals surface area contributed by atoms with E-state index in [1.165, 1.54) is 6.33 Å². The first kappa shape index (κ1) is 12.6. The highest BCUT2D eigenvalue weighted by Gasteiger charge is 2.64. The molecular formula is C13H12Cl2N4O2. The number of alkyl halides is 1. The standard InChI is InChI=1S/C13H12Cl2N4O2/c14-1-5-6-2-20-11-8(9(5)21-10(6)11)19-4-18-7-12(15)16-3-17-13(7)19/h3-6,8-11H,1-2H2. The Labute approximate surface area is 130 Å². The SMILES string of the molecule is ClCC1C2COC3C2OC1C3n1cnc2c(Cl)ncnc21. The third-order valence-electron chi connectivity index (χ3n) is 5.00. The van der Waals surface area contributed by atoms with Gasteiger partial charge in [0.1, 0.15) is 17.9 Å². The minimum absolute atomic E-state index is 0.0469. The highest BCUT2D eigenvalue weighted by molar-refractivity contribution is 6.33. The summed E-state index contributed by atoms with van der Waals surface area (Å²) in [7, 11) is 0. The number of aromatic nitrogens is 4. The van der Waals surface area contributed by atoms with Crippen LogP contribution in [0.25, 0.3) is 11.2 Å². The monoisotopic (exact) mass is 326 g/mol. The Kier molecular flexibility index (Phi) is 2.57. The normalized spacial score (nSPS) is 40.5. The first-order valence-electron chi connectivity index (χ1n) is 6.95. The topological polar surface area (TPSA) is 62.1 Å². The number of imidazole rings is 1. The van der Waals surface area contributed by atoms with Crippen molar-refractivity contribution in [2.45, 2.75) is 24.4 Å². The second-order valence-corrected chi connectivity index (χ2v) is 6.49. The number of hydrogen-bond acceptors (Lipinski definition) is 5. The van der Waals surface area contributed by atoms with E-state index in [-0.39, 0.29) is 24.4 Å². The zero-order chi connectivity index (χ0) is 14.1. The minimum Gasteiger partial charge on any atom is -0.373 e. The van der Waals surface area contributed by atoms with E-state index in [0.29, 0.717) is 28.4 Å². The zero-order valence-electron chi connectivity index (χ0n) is 10.9. The molecule has 5 rings (SSSR count). The van der Waals surface area contributed by atoms with Crippen molar-refractivity contribution in [1.29, 1.82) is 0 Å². The van der Waals surface area contributed by atoms with Crippen LogP contribution in [-0.4, -0.2) is 50.3 Å². The van der Waals surface area contributed by atoms with Crippen LogP contribution in [0.1, 0.15) is 6.04 Å². The smallest absolute Gasteiger partial charge is 0.165 e. The highest BCUT2D eigenvalue weighted by Crippen LogP contribution is 2.54. The van der Waals surface area contributed by atoms with E-state index in [1.54, 1.807) is 6.33 Å². The molecular weight excluding hydrogens is 315 g/mol. The molecule has 21 heavy (non-hydrogen) atoms. The fraction of sp³-hybridized carbons (Fsp3) is 0.615. The van der Waals surface area contributed by atoms with Crippen LogP contribution in [-0.2, 0) is 9.47 Å². The van der Waals surface area contributed by atoms with Gasteiger partial charge in [0.25, 0.3) is 0 Å². The Morgan fingerprint density at radius 3 is 3.00 bits per heavy atom. The lowest BCUT2D eigenvalue weighted by molar-refractivity contribution is 0.0605. The third-order valence-corrected chi connectivity index (χ3v) is 5.63. The maximum absolute atomic E-state index is 6.16. The van der Waals surface area contributed by atoms with Crippen molar-refractivity contribution < 1.29 is 9.47 Å². The summed E-state index contributed by atoms with van der Waals surface area (Å²) in [5, 5.41) is 0.363. The highest BCUT2D eigenvalue weighted by atomic mass is 35.5. The van der Waals surface area contributed by atoms with Gasteiger partial charge >= 0.3 is 0 Å². The van der Waals surface area contributed by atoms with Gasteiger partial charge in [-0.3, -0.25) is 0 Å². The molecule has 2 bridgehead atoms. The van der Waals surface area contributed by atoms with Gasteiger partial charge in [0.2, 0.25) is 0 Å². The molecule has 5 heterocycles. The summed E-state index contributed by atoms with van der Waals surface area (Å²) in [6, 6.07) is 0.0495. The molecule has 2 aromatic rings. The molecule has 110 valence electrons. The maximum Gasteiger partial charge on any atom is 0.165 e. The average molecular weight is 327 g/mol. The molecule has 0 aliphatic carbocycles. The first-order valence-corrected chi connectivity index (χ1v) is 7.87. The molecule has 0 radical (unpaired) electrons. The van der Waals surface area contributed by atoms with Gasteiger partial charge < -0.3 is 14.0 Å². The number of nitrogens with zero attached hydrogens (tertiary/aromatic N) is 4. The second kappa shape index (κ2) is 4.29. The Morgan fingerprint density at radius 2 is 2.14 bits per heavy atom. The summed E-state index contributed by atoms with van der Waals surface area (Å²) in [6.07, 6.45) is 3.44. The molecule has 0 N–H and O–H groups in total. The van der Waals surface area contributed by atoms with E-state index in [2.05, 4.69) is 15.0 Å². The summed E-state index contributed by atoms with van der Waals surface area (Å²) < 4.78 is 14.1. The van der Waals surface area contributed by atoms with Gasteiger partial charge in [-0.1, -0.05) is 11.6 Å². The van der Waals surface area contributed by atoms with Crippen LogP contribution in [0.5, 0.6) is 0 Å². The van der Waals surface area contributed by atoms with E-state index in [0.717, 1.165) is 12.3 Å². The number of halogens is 2. The van der Waals surface area contributed by atoms with Crippen molar-refractivity contribution in [3.63, 3.8) is 0 Å². The molecule has 0 saturated carbocycles. The van der Waals surface area contributed by atoms with Crippen LogP contribution in [0, 0.1) is 11.8 Å². The Morgan fingerprint density at radius 1 is 1.24 bits per heavy atom. The van der Waals surface area contributed by atoms with Crippen LogP contribution in [0.4, 0.5) is 0 Å². The van der Waals surface area contributed by atoms with E-state index in [1.807, 2.05) is 4.57 Å². The van der Waals surface area contributed by atoms with Crippen LogP contribution < -0.4 is 0 Å². The molecule has 0 spiro atoms. The van der Waals surface area contributed by atoms with Crippen molar-refractivity contribution in [3.8, 4) is 0 Å². The van der Waals surface area contributed by atoms with Crippen molar-refractivity contribution in [3.05, 3.63) is 17.8 Å². The van der Waals surface area contributed by atoms with Gasteiger partial charge in [-0.25, -0.2) is 15.0 Å². The van der Waals surface area contributed by atoms with E-state index >= 15 is 0 Å². The molecule has 3 fully saturated rings. The first-order chi connectivity index (χ1) is 10.3. The molecule has 8 heteroatoms. The Bertz CT molecular complexity index is 723. The molecule has 3 aliphatic rings. The van der Waals surface area contributed by atoms with Crippen LogP contribution >= 0.6 is 23.2 Å². The van der Waals surface area contributed by atoms with E-state index in [9.17, 15) is 0 Å². The van der Waals surface area contributed by atoms with Crippen LogP contribution in [0.2, 0.25) is 5.15 Å². The summed E-state index contributed by atoms with van der Waals surface area (Å²) >= 11 is 12.2. The minimum atomic E-state index is 0.0469. The van der Waals surface area contributed by atoms with Gasteiger partial charge in [-0.2, -0.15) is 0 Å². The molecule has 6 atom stereocenters. The second-order valence-electron chi connectivity index (χ2n) is 5.82. The molecule has 0 amide bonds. The van der Waals surface area contributed by atoms with Crippen molar-refractivity contribution in [2.75, 3.05) is 12.5 Å². The maximum atomic E-state index is 6.16. The molecule has 3 saturated heterocycles. The van der Waals surface area contributed by atoms with Crippen molar-refractivity contribution >= 4 is 34.4 Å². The quantitative estimate of drug-likeness (QED) is 0.620. The number of ether oxygens (including phenoxy) is 2. The number of fused-ring (bicyclic) bond motifs is 2. The van der Waals surface area contributed by atoms with E-state index < -0.39 is 0 Å². The predicted octanol–water partition coefficient (Wildman–Crippen LogP) is 1.67. The zero-order valence-corrected chi connectivity index (χ0v) is 12.4. The molecule has 2 aromatic heterocycles. The number of rotatable bonds is 2. The summed E-state index contributed by atoms with van der Waals surface area (Å²) in [5.41, 5.74) is 1.33. The largest absolute Gasteiger partial charge is 0.373 e. The van der Waals surface area contributed by atoms with E-state index in [4.69, 9.17) is 32.7 Å². The predicted molar refractivity (Wildman–Crippen MR) is 75.5 cm³/mol. The van der Waals surface area contributed by atoms with Crippen LogP contribution in [0.3, 0.4) is 0 Å². The average Bonchev–Trinajstić information content (AvgIpc) is 3.18. The third kappa shape index (κ3) is 1.49. The fourth-order valence-corrected chi connectivity index (χ4v) is 4.68. The summed E-state index contributed by atoms with van der Waals surface area (Å²) in [6.45, 7) is 0.724. The van der Waals surface area contributed by atoms with Gasteiger partial charge in [0, 0.05) is 17.7 Å². The van der Waals surface area contributed by atoms with Gasteiger partial charge in [-0.05, 0) is 0 Å². The van der Waals surface area contributed by atoms with Crippen LogP contribution in [0.15, 0.2) is 12.7 Å². The molecule has 3 aliphatic heterocycles. The van der Waals surface area contributed by atoms with Crippen molar-refractivity contribution in [1.82, 2.24) is 19.5 Å². The fourth-order valence-electron chi connectivity index (χ4n) is 4.10. The Hall–Kier alpha value is -0.950. The van der Waals surface area contributed by atoms with Gasteiger partial charge in [0.15, 0.2) is 10.8 Å². The molecule has 0 aromatic carbocycles. The lowest BCUT2D eigenvalue weighted by Crippen LogP contribution is -2.40. The van der Waals surface area contributed by atoms with Crippen molar-refractivity contribution in [2.24, 2.45) is 11.8 Å². The molecule has 6 nitrogen and oxygen atoms in total. The summed E-state index contributed by atoms with van der Waals surface area (Å²) in [5.74, 6) is 1.32. The lowest BCUT2D eigenvalue weighted by atomic mass is 9.78. The lowest BCUT2D eigenvalue weighted by Gasteiger charge is -2.29. The van der Waals surface area contributed by atoms with Gasteiger partial charge in [0.05, 0.1) is 31.2 Å². The van der Waals surface area contributed by atoms with Gasteiger partial charge in [-0.15, -0.1) is 11.6 Å². The summed E-state index contributed by atoms with van der Waals surface area (Å²) in [4.78, 5) is 12.6.